The van der Waals surface area contributed by atoms with Crippen molar-refractivity contribution < 1.29 is 0 Å². The number of hydrazine groups is 1. The Bertz CT molecular complexity index is 289. The summed E-state index contributed by atoms with van der Waals surface area (Å²) in [5, 5.41) is 6.53. The summed E-state index contributed by atoms with van der Waals surface area (Å²) in [5.41, 5.74) is 3.49. The van der Waals surface area contributed by atoms with Crippen molar-refractivity contribution in [3.8, 4) is 0 Å². The number of nitrogens with zero attached hydrogens (tertiary/aromatic N) is 2. The van der Waals surface area contributed by atoms with Gasteiger partial charge in [-0.25, -0.2) is 5.53 Å². The summed E-state index contributed by atoms with van der Waals surface area (Å²) in [6, 6.07) is 0. The van der Waals surface area contributed by atoms with Gasteiger partial charge in [-0.2, -0.15) is 10.1 Å². The highest BCUT2D eigenvalue weighted by Crippen LogP contribution is 2.29. The highest BCUT2D eigenvalue weighted by atomic mass is 15.7. The standard InChI is InChI=1S/C20H41N3/c1-4-7-8-9-10-11-12-13-14-15-16-17-20(5-2,6-3)23-19-18-21-22-23/h18,22H,4-17,19H2,1-3H3. The molecule has 0 atom stereocenters. The van der Waals surface area contributed by atoms with Crippen molar-refractivity contribution in [2.45, 2.75) is 116 Å². The van der Waals surface area contributed by atoms with Gasteiger partial charge in [-0.15, -0.1) is 0 Å². The fourth-order valence-corrected chi connectivity index (χ4v) is 3.81. The SMILES string of the molecule is CCCCCCCCCCCCCC(CC)(CC)N1CC=NN1. The van der Waals surface area contributed by atoms with Crippen LogP contribution in [-0.2, 0) is 0 Å². The monoisotopic (exact) mass is 323 g/mol. The van der Waals surface area contributed by atoms with Crippen LogP contribution in [0, 0.1) is 0 Å². The summed E-state index contributed by atoms with van der Waals surface area (Å²) in [5.74, 6) is 0. The average Bonchev–Trinajstić information content (AvgIpc) is 3.12. The van der Waals surface area contributed by atoms with E-state index in [-0.39, 0.29) is 0 Å². The van der Waals surface area contributed by atoms with Gasteiger partial charge in [0.1, 0.15) is 0 Å². The molecule has 1 heterocycles. The lowest BCUT2D eigenvalue weighted by molar-refractivity contribution is 0.0444. The Morgan fingerprint density at radius 1 is 0.826 bits per heavy atom. The van der Waals surface area contributed by atoms with E-state index < -0.39 is 0 Å². The maximum Gasteiger partial charge on any atom is 0.0573 e. The van der Waals surface area contributed by atoms with E-state index in [0.29, 0.717) is 5.54 Å². The molecule has 0 spiro atoms. The number of hydrazone groups is 1. The van der Waals surface area contributed by atoms with Crippen molar-refractivity contribution in [1.82, 2.24) is 10.5 Å². The van der Waals surface area contributed by atoms with Crippen LogP contribution in [0.3, 0.4) is 0 Å². The molecule has 1 aliphatic heterocycles. The van der Waals surface area contributed by atoms with E-state index in [2.05, 4.69) is 36.4 Å². The summed E-state index contributed by atoms with van der Waals surface area (Å²) in [6.07, 6.45) is 21.3. The molecule has 1 N–H and O–H groups in total. The summed E-state index contributed by atoms with van der Waals surface area (Å²) in [4.78, 5) is 0. The third-order valence-corrected chi connectivity index (χ3v) is 5.67. The van der Waals surface area contributed by atoms with E-state index in [0.717, 1.165) is 6.54 Å². The van der Waals surface area contributed by atoms with Crippen LogP contribution in [0.1, 0.15) is 111 Å². The van der Waals surface area contributed by atoms with Crippen molar-refractivity contribution in [3.63, 3.8) is 0 Å². The maximum atomic E-state index is 4.18. The molecule has 136 valence electrons. The lowest BCUT2D eigenvalue weighted by atomic mass is 9.86. The molecule has 3 heteroatoms. The highest BCUT2D eigenvalue weighted by Gasteiger charge is 2.33. The minimum absolute atomic E-state index is 0.301. The Balaban J connectivity index is 2.02. The lowest BCUT2D eigenvalue weighted by Crippen LogP contribution is -2.51. The molecule has 0 bridgehead atoms. The maximum absolute atomic E-state index is 4.18. The third-order valence-electron chi connectivity index (χ3n) is 5.67. The Hall–Kier alpha value is -0.570. The van der Waals surface area contributed by atoms with Crippen LogP contribution >= 0.6 is 0 Å². The van der Waals surface area contributed by atoms with Gasteiger partial charge < -0.3 is 0 Å². The van der Waals surface area contributed by atoms with Crippen LogP contribution in [-0.4, -0.2) is 23.3 Å². The van der Waals surface area contributed by atoms with Crippen LogP contribution < -0.4 is 5.53 Å². The fourth-order valence-electron chi connectivity index (χ4n) is 3.81. The molecule has 0 saturated carbocycles. The summed E-state index contributed by atoms with van der Waals surface area (Å²) >= 11 is 0. The topological polar surface area (TPSA) is 27.6 Å². The highest BCUT2D eigenvalue weighted by molar-refractivity contribution is 5.60. The Labute approximate surface area is 145 Å². The Kier molecular flexibility index (Phi) is 11.4. The molecule has 0 unspecified atom stereocenters. The molecule has 1 aliphatic rings. The van der Waals surface area contributed by atoms with Crippen LogP contribution in [0.25, 0.3) is 0 Å². The molecule has 3 nitrogen and oxygen atoms in total. The van der Waals surface area contributed by atoms with Crippen LogP contribution in [0.5, 0.6) is 0 Å². The molecule has 0 aliphatic carbocycles. The summed E-state index contributed by atoms with van der Waals surface area (Å²) in [7, 11) is 0. The van der Waals surface area contributed by atoms with Gasteiger partial charge in [0.15, 0.2) is 0 Å². The van der Waals surface area contributed by atoms with Gasteiger partial charge in [0.25, 0.3) is 0 Å². The zero-order valence-electron chi connectivity index (χ0n) is 16.1. The van der Waals surface area contributed by atoms with Crippen LogP contribution in [0.4, 0.5) is 0 Å². The first-order valence-electron chi connectivity index (χ1n) is 10.3. The molecule has 0 radical (unpaired) electrons. The van der Waals surface area contributed by atoms with Gasteiger partial charge >= 0.3 is 0 Å². The van der Waals surface area contributed by atoms with Gasteiger partial charge in [-0.3, -0.25) is 0 Å². The van der Waals surface area contributed by atoms with Crippen molar-refractivity contribution in [2.24, 2.45) is 5.10 Å². The Morgan fingerprint density at radius 2 is 1.35 bits per heavy atom. The molecule has 0 aromatic rings. The fraction of sp³-hybridized carbons (Fsp3) is 0.950. The normalized spacial score (nSPS) is 15.3. The zero-order chi connectivity index (χ0) is 16.8. The van der Waals surface area contributed by atoms with Crippen LogP contribution in [0.15, 0.2) is 5.10 Å². The molecule has 0 aromatic heterocycles. The van der Waals surface area contributed by atoms with E-state index in [1.54, 1.807) is 0 Å². The largest absolute Gasteiger partial charge is 0.240 e. The van der Waals surface area contributed by atoms with Crippen LogP contribution in [0.2, 0.25) is 0 Å². The molecule has 0 fully saturated rings. The van der Waals surface area contributed by atoms with Crippen molar-refractivity contribution in [3.05, 3.63) is 0 Å². The van der Waals surface area contributed by atoms with E-state index >= 15 is 0 Å². The summed E-state index contributed by atoms with van der Waals surface area (Å²) in [6.45, 7) is 7.89. The minimum Gasteiger partial charge on any atom is -0.240 e. The zero-order valence-corrected chi connectivity index (χ0v) is 16.1. The number of rotatable bonds is 15. The Morgan fingerprint density at radius 3 is 1.78 bits per heavy atom. The second kappa shape index (κ2) is 12.8. The van der Waals surface area contributed by atoms with E-state index in [1.165, 1.54) is 89.9 Å². The first kappa shape index (κ1) is 20.5. The number of hydrogen-bond acceptors (Lipinski definition) is 3. The van der Waals surface area contributed by atoms with E-state index in [1.807, 2.05) is 6.21 Å². The van der Waals surface area contributed by atoms with Crippen molar-refractivity contribution >= 4 is 6.21 Å². The predicted octanol–water partition coefficient (Wildman–Crippen LogP) is 6.05. The van der Waals surface area contributed by atoms with E-state index in [9.17, 15) is 0 Å². The van der Waals surface area contributed by atoms with Crippen molar-refractivity contribution in [2.75, 3.05) is 6.54 Å². The number of unbranched alkanes of at least 4 members (excludes halogenated alkanes) is 10. The average molecular weight is 324 g/mol. The van der Waals surface area contributed by atoms with Crippen molar-refractivity contribution in [1.29, 1.82) is 0 Å². The van der Waals surface area contributed by atoms with Gasteiger partial charge in [0.05, 0.1) is 6.54 Å². The number of hydrogen-bond donors (Lipinski definition) is 1. The smallest absolute Gasteiger partial charge is 0.0573 e. The third kappa shape index (κ3) is 7.69. The quantitative estimate of drug-likeness (QED) is 0.371. The van der Waals surface area contributed by atoms with Gasteiger partial charge in [0, 0.05) is 11.8 Å². The second-order valence-corrected chi connectivity index (χ2v) is 7.24. The number of nitrogens with one attached hydrogen (secondary N) is 1. The predicted molar refractivity (Wildman–Crippen MR) is 103 cm³/mol. The minimum atomic E-state index is 0.301. The summed E-state index contributed by atoms with van der Waals surface area (Å²) < 4.78 is 0. The van der Waals surface area contributed by atoms with E-state index in [4.69, 9.17) is 0 Å². The molecule has 1 rings (SSSR count). The van der Waals surface area contributed by atoms with Gasteiger partial charge in [-0.05, 0) is 19.3 Å². The second-order valence-electron chi connectivity index (χ2n) is 7.24. The molecule has 0 saturated heterocycles. The molecular weight excluding hydrogens is 282 g/mol. The lowest BCUT2D eigenvalue weighted by Gasteiger charge is -2.40. The molecule has 0 aromatic carbocycles. The first-order valence-corrected chi connectivity index (χ1v) is 10.3. The first-order chi connectivity index (χ1) is 11.3. The molecular formula is C20H41N3. The van der Waals surface area contributed by atoms with Gasteiger partial charge in [0.2, 0.25) is 0 Å². The van der Waals surface area contributed by atoms with Gasteiger partial charge in [-0.1, -0.05) is 91.4 Å². The molecule has 23 heavy (non-hydrogen) atoms. The molecule has 0 amide bonds.